The zero-order chi connectivity index (χ0) is 18.5. The molecule has 7 heteroatoms. The van der Waals surface area contributed by atoms with Gasteiger partial charge in [0, 0.05) is 5.38 Å². The van der Waals surface area contributed by atoms with Gasteiger partial charge in [0.05, 0.1) is 41.1 Å². The third kappa shape index (κ3) is 4.28. The molecule has 0 aliphatic carbocycles. The van der Waals surface area contributed by atoms with Gasteiger partial charge in [0.15, 0.2) is 0 Å². The smallest absolute Gasteiger partial charge is 0.340 e. The Kier molecular flexibility index (Phi) is 6.00. The van der Waals surface area contributed by atoms with Gasteiger partial charge in [-0.3, -0.25) is 9.69 Å². The van der Waals surface area contributed by atoms with Crippen molar-refractivity contribution >= 4 is 28.9 Å². The number of benzene rings is 1. The van der Waals surface area contributed by atoms with Crippen molar-refractivity contribution in [3.63, 3.8) is 0 Å². The molecule has 1 saturated heterocycles. The lowest BCUT2D eigenvalue weighted by Crippen LogP contribution is -2.33. The highest BCUT2D eigenvalue weighted by molar-refractivity contribution is 7.09. The predicted molar refractivity (Wildman–Crippen MR) is 101 cm³/mol. The maximum Gasteiger partial charge on any atom is 0.340 e. The van der Waals surface area contributed by atoms with Crippen LogP contribution in [-0.4, -0.2) is 41.5 Å². The summed E-state index contributed by atoms with van der Waals surface area (Å²) in [6.45, 7) is 5.19. The van der Waals surface area contributed by atoms with Crippen molar-refractivity contribution < 1.29 is 14.3 Å². The van der Waals surface area contributed by atoms with Crippen molar-refractivity contribution in [2.24, 2.45) is 0 Å². The van der Waals surface area contributed by atoms with Crippen molar-refractivity contribution in [2.75, 3.05) is 25.0 Å². The second-order valence-electron chi connectivity index (χ2n) is 6.23. The number of nitrogens with one attached hydrogen (secondary N) is 1. The van der Waals surface area contributed by atoms with Gasteiger partial charge in [-0.05, 0) is 45.4 Å². The summed E-state index contributed by atoms with van der Waals surface area (Å²) < 4.78 is 5.05. The zero-order valence-electron chi connectivity index (χ0n) is 15.0. The van der Waals surface area contributed by atoms with Gasteiger partial charge >= 0.3 is 5.97 Å². The summed E-state index contributed by atoms with van der Waals surface area (Å²) in [4.78, 5) is 31.3. The molecule has 0 spiro atoms. The lowest BCUT2D eigenvalue weighted by molar-refractivity contribution is -0.117. The molecule has 0 bridgehead atoms. The fourth-order valence-electron chi connectivity index (χ4n) is 3.24. The van der Waals surface area contributed by atoms with Crippen molar-refractivity contribution in [1.29, 1.82) is 0 Å². The number of para-hydroxylation sites is 1. The fraction of sp³-hybridized carbons (Fsp3) is 0.421. The van der Waals surface area contributed by atoms with E-state index in [0.29, 0.717) is 17.9 Å². The summed E-state index contributed by atoms with van der Waals surface area (Å²) in [6, 6.07) is 7.10. The second-order valence-corrected chi connectivity index (χ2v) is 7.30. The predicted octanol–water partition coefficient (Wildman–Crippen LogP) is 3.40. The quantitative estimate of drug-likeness (QED) is 0.786. The Balaban J connectivity index is 1.67. The molecule has 0 saturated carbocycles. The number of ether oxygens (including phenoxy) is 1. The molecule has 2 aromatic rings. The Bertz CT molecular complexity index is 790. The molecule has 138 valence electrons. The third-order valence-corrected chi connectivity index (χ3v) is 5.18. The van der Waals surface area contributed by atoms with Gasteiger partial charge in [-0.25, -0.2) is 9.78 Å². The number of thiazole rings is 1. The van der Waals surface area contributed by atoms with Crippen LogP contribution in [0.4, 0.5) is 5.69 Å². The first-order valence-corrected chi connectivity index (χ1v) is 9.68. The first-order chi connectivity index (χ1) is 12.6. The van der Waals surface area contributed by atoms with Crippen molar-refractivity contribution in [1.82, 2.24) is 9.88 Å². The van der Waals surface area contributed by atoms with Crippen LogP contribution in [0.25, 0.3) is 0 Å². The lowest BCUT2D eigenvalue weighted by atomic mass is 10.1. The van der Waals surface area contributed by atoms with E-state index in [0.717, 1.165) is 30.1 Å². The van der Waals surface area contributed by atoms with Crippen molar-refractivity contribution in [3.8, 4) is 0 Å². The number of likely N-dealkylation sites (tertiary alicyclic amines) is 1. The molecule has 1 aromatic heterocycles. The topological polar surface area (TPSA) is 71.5 Å². The number of hydrogen-bond donors (Lipinski definition) is 1. The van der Waals surface area contributed by atoms with Gasteiger partial charge in [-0.2, -0.15) is 0 Å². The maximum absolute atomic E-state index is 12.6. The molecule has 1 N–H and O–H groups in total. The van der Waals surface area contributed by atoms with E-state index in [2.05, 4.69) is 20.6 Å². The summed E-state index contributed by atoms with van der Waals surface area (Å²) in [6.07, 6.45) is 2.06. The molecule has 3 rings (SSSR count). The van der Waals surface area contributed by atoms with E-state index in [-0.39, 0.29) is 18.5 Å². The minimum absolute atomic E-state index is 0.138. The zero-order valence-corrected chi connectivity index (χ0v) is 15.8. The molecule has 1 aromatic carbocycles. The summed E-state index contributed by atoms with van der Waals surface area (Å²) in [7, 11) is 0. The van der Waals surface area contributed by atoms with Crippen molar-refractivity contribution in [2.45, 2.75) is 32.7 Å². The number of anilines is 1. The summed E-state index contributed by atoms with van der Waals surface area (Å²) >= 11 is 1.63. The van der Waals surface area contributed by atoms with E-state index in [4.69, 9.17) is 4.74 Å². The van der Waals surface area contributed by atoms with Gasteiger partial charge in [-0.1, -0.05) is 12.1 Å². The van der Waals surface area contributed by atoms with E-state index in [1.54, 1.807) is 42.5 Å². The first kappa shape index (κ1) is 18.5. The number of nitrogens with zero attached hydrogens (tertiary/aromatic N) is 2. The number of esters is 1. The summed E-state index contributed by atoms with van der Waals surface area (Å²) in [5, 5.41) is 5.97. The fourth-order valence-corrected chi connectivity index (χ4v) is 3.90. The highest BCUT2D eigenvalue weighted by atomic mass is 32.1. The first-order valence-electron chi connectivity index (χ1n) is 8.80. The molecule has 1 fully saturated rings. The Morgan fingerprint density at radius 2 is 2.19 bits per heavy atom. The van der Waals surface area contributed by atoms with E-state index in [1.165, 1.54) is 0 Å². The van der Waals surface area contributed by atoms with Crippen LogP contribution < -0.4 is 5.32 Å². The van der Waals surface area contributed by atoms with Gasteiger partial charge in [0.1, 0.15) is 0 Å². The maximum atomic E-state index is 12.6. The second kappa shape index (κ2) is 8.42. The SMILES string of the molecule is CCOC(=O)c1ccccc1NC(=O)CN1CCC[C@@H]1c1csc(C)n1. The van der Waals surface area contributed by atoms with Gasteiger partial charge in [0.25, 0.3) is 0 Å². The largest absolute Gasteiger partial charge is 0.462 e. The standard InChI is InChI=1S/C19H23N3O3S/c1-3-25-19(24)14-7-4-5-8-15(14)21-18(23)11-22-10-6-9-17(22)16-12-26-13(2)20-16/h4-5,7-8,12,17H,3,6,9-11H2,1-2H3,(H,21,23)/t17-/m1/s1. The monoisotopic (exact) mass is 373 g/mol. The molecular formula is C19H23N3O3S. The average molecular weight is 373 g/mol. The Labute approximate surface area is 157 Å². The molecule has 1 aliphatic rings. The van der Waals surface area contributed by atoms with Crippen LogP contribution in [0.2, 0.25) is 0 Å². The number of amides is 1. The Morgan fingerprint density at radius 1 is 1.38 bits per heavy atom. The van der Waals surface area contributed by atoms with Crippen LogP contribution in [0, 0.1) is 6.92 Å². The normalized spacial score (nSPS) is 17.2. The molecule has 0 unspecified atom stereocenters. The number of aromatic nitrogens is 1. The van der Waals surface area contributed by atoms with Crippen LogP contribution in [-0.2, 0) is 9.53 Å². The third-order valence-electron chi connectivity index (χ3n) is 4.39. The number of carbonyl (C=O) groups is 2. The Morgan fingerprint density at radius 3 is 2.92 bits per heavy atom. The molecular weight excluding hydrogens is 350 g/mol. The number of aryl methyl sites for hydroxylation is 1. The van der Waals surface area contributed by atoms with Crippen LogP contribution in [0.3, 0.4) is 0 Å². The highest BCUT2D eigenvalue weighted by Crippen LogP contribution is 2.32. The molecule has 0 radical (unpaired) electrons. The minimum Gasteiger partial charge on any atom is -0.462 e. The van der Waals surface area contributed by atoms with Gasteiger partial charge in [0.2, 0.25) is 5.91 Å². The van der Waals surface area contributed by atoms with Crippen molar-refractivity contribution in [3.05, 3.63) is 45.9 Å². The molecule has 2 heterocycles. The van der Waals surface area contributed by atoms with E-state index < -0.39 is 5.97 Å². The Hall–Kier alpha value is -2.25. The molecule has 1 aliphatic heterocycles. The summed E-state index contributed by atoms with van der Waals surface area (Å²) in [5.41, 5.74) is 1.90. The molecule has 26 heavy (non-hydrogen) atoms. The van der Waals surface area contributed by atoms with Crippen LogP contribution in [0.1, 0.15) is 46.9 Å². The van der Waals surface area contributed by atoms with Crippen LogP contribution >= 0.6 is 11.3 Å². The van der Waals surface area contributed by atoms with E-state index in [1.807, 2.05) is 6.92 Å². The summed E-state index contributed by atoms with van der Waals surface area (Å²) in [5.74, 6) is -0.569. The molecule has 6 nitrogen and oxygen atoms in total. The van der Waals surface area contributed by atoms with Gasteiger partial charge < -0.3 is 10.1 Å². The minimum atomic E-state index is -0.430. The van der Waals surface area contributed by atoms with Crippen LogP contribution in [0.15, 0.2) is 29.6 Å². The molecule has 1 atom stereocenters. The van der Waals surface area contributed by atoms with Crippen LogP contribution in [0.5, 0.6) is 0 Å². The number of hydrogen-bond acceptors (Lipinski definition) is 6. The lowest BCUT2D eigenvalue weighted by Gasteiger charge is -2.22. The molecule has 1 amide bonds. The van der Waals surface area contributed by atoms with E-state index in [9.17, 15) is 9.59 Å². The number of carbonyl (C=O) groups excluding carboxylic acids is 2. The number of rotatable bonds is 6. The average Bonchev–Trinajstić information content (AvgIpc) is 3.24. The van der Waals surface area contributed by atoms with E-state index >= 15 is 0 Å². The van der Waals surface area contributed by atoms with Gasteiger partial charge in [-0.15, -0.1) is 11.3 Å². The highest BCUT2D eigenvalue weighted by Gasteiger charge is 2.29.